The van der Waals surface area contributed by atoms with Crippen LogP contribution in [0.5, 0.6) is 0 Å². The molecule has 0 radical (unpaired) electrons. The van der Waals surface area contributed by atoms with Gasteiger partial charge in [0.2, 0.25) is 20.0 Å². The van der Waals surface area contributed by atoms with E-state index in [2.05, 4.69) is 20.6 Å². The van der Waals surface area contributed by atoms with Gasteiger partial charge >= 0.3 is 0 Å². The summed E-state index contributed by atoms with van der Waals surface area (Å²) in [4.78, 5) is 8.84. The molecule has 4 aromatic rings. The third-order valence-corrected chi connectivity index (χ3v) is 11.0. The number of fused-ring (bicyclic) bond motifs is 2. The maximum absolute atomic E-state index is 12.8. The Balaban J connectivity index is 0.000000184. The number of pyridine rings is 2. The smallest absolute Gasteiger partial charge is 0.243 e. The quantitative estimate of drug-likeness (QED) is 0.358. The Labute approximate surface area is 247 Å². The predicted octanol–water partition coefficient (Wildman–Crippen LogP) is 2.86. The van der Waals surface area contributed by atoms with Gasteiger partial charge in [-0.3, -0.25) is 9.97 Å². The summed E-state index contributed by atoms with van der Waals surface area (Å²) in [6, 6.07) is 14.2. The number of rotatable bonds is 4. The van der Waals surface area contributed by atoms with Crippen LogP contribution < -0.4 is 10.6 Å². The van der Waals surface area contributed by atoms with Gasteiger partial charge in [-0.25, -0.2) is 16.8 Å². The molecule has 0 bridgehead atoms. The van der Waals surface area contributed by atoms with Gasteiger partial charge in [-0.05, 0) is 50.2 Å². The van der Waals surface area contributed by atoms with Gasteiger partial charge in [0.05, 0.1) is 9.79 Å². The van der Waals surface area contributed by atoms with Gasteiger partial charge in [0, 0.05) is 85.6 Å². The lowest BCUT2D eigenvalue weighted by atomic mass is 10.2. The number of sulfonamides is 2. The predicted molar refractivity (Wildman–Crippen MR) is 163 cm³/mol. The van der Waals surface area contributed by atoms with Crippen molar-refractivity contribution in [1.29, 1.82) is 0 Å². The minimum absolute atomic E-state index is 0. The Morgan fingerprint density at radius 3 is 1.46 bits per heavy atom. The summed E-state index contributed by atoms with van der Waals surface area (Å²) in [5.41, 5.74) is 0. The van der Waals surface area contributed by atoms with E-state index in [0.29, 0.717) is 49.1 Å². The molecule has 2 aliphatic rings. The standard InChI is InChI=1S/2C14H17N3O2S.ClH/c2*18-20(19,17-9-2-6-15-8-10-17)14-4-1-3-12-11-16-7-5-13(12)14;/h2*1,3-5,7,11,15H,2,6,8-10H2;1H. The summed E-state index contributed by atoms with van der Waals surface area (Å²) < 4.78 is 54.5. The Kier molecular flexibility index (Phi) is 10.6. The molecule has 2 aromatic heterocycles. The monoisotopic (exact) mass is 618 g/mol. The fourth-order valence-corrected chi connectivity index (χ4v) is 8.42. The summed E-state index contributed by atoms with van der Waals surface area (Å²) in [5, 5.41) is 9.61. The van der Waals surface area contributed by atoms with E-state index in [1.165, 1.54) is 0 Å². The molecule has 0 unspecified atom stereocenters. The highest BCUT2D eigenvalue weighted by Crippen LogP contribution is 2.26. The summed E-state index contributed by atoms with van der Waals surface area (Å²) in [6.45, 7) is 5.30. The van der Waals surface area contributed by atoms with E-state index in [-0.39, 0.29) is 12.4 Å². The van der Waals surface area contributed by atoms with Crippen LogP contribution in [0.25, 0.3) is 21.5 Å². The van der Waals surface area contributed by atoms with E-state index < -0.39 is 20.0 Å². The molecule has 2 saturated heterocycles. The van der Waals surface area contributed by atoms with Gasteiger partial charge < -0.3 is 10.6 Å². The average molecular weight is 619 g/mol. The minimum atomic E-state index is -3.45. The van der Waals surface area contributed by atoms with Gasteiger partial charge in [0.15, 0.2) is 0 Å². The molecule has 0 spiro atoms. The largest absolute Gasteiger partial charge is 0.315 e. The van der Waals surface area contributed by atoms with Crippen LogP contribution in [0, 0.1) is 0 Å². The van der Waals surface area contributed by atoms with E-state index in [0.717, 1.165) is 47.5 Å². The van der Waals surface area contributed by atoms with Crippen molar-refractivity contribution in [3.05, 3.63) is 73.3 Å². The molecule has 0 saturated carbocycles. The molecule has 0 aliphatic carbocycles. The number of aromatic nitrogens is 2. The van der Waals surface area contributed by atoms with Gasteiger partial charge in [-0.1, -0.05) is 24.3 Å². The Hall–Kier alpha value is -2.71. The van der Waals surface area contributed by atoms with Crippen molar-refractivity contribution in [2.75, 3.05) is 52.4 Å². The van der Waals surface area contributed by atoms with E-state index in [9.17, 15) is 16.8 Å². The molecular formula is C28H35ClN6O4S2. The molecule has 0 amide bonds. The number of benzene rings is 2. The van der Waals surface area contributed by atoms with E-state index >= 15 is 0 Å². The van der Waals surface area contributed by atoms with Gasteiger partial charge in [0.1, 0.15) is 0 Å². The Bertz CT molecular complexity index is 1540. The second-order valence-electron chi connectivity index (χ2n) is 9.72. The van der Waals surface area contributed by atoms with Crippen LogP contribution in [0.2, 0.25) is 0 Å². The van der Waals surface area contributed by atoms with Crippen LogP contribution in [0.15, 0.2) is 83.1 Å². The number of nitrogens with one attached hydrogen (secondary N) is 2. The summed E-state index contributed by atoms with van der Waals surface area (Å²) in [7, 11) is -6.89. The average Bonchev–Trinajstić information content (AvgIpc) is 3.44. The van der Waals surface area contributed by atoms with Crippen LogP contribution in [-0.4, -0.2) is 87.8 Å². The Morgan fingerprint density at radius 1 is 0.585 bits per heavy atom. The van der Waals surface area contributed by atoms with Crippen LogP contribution in [-0.2, 0) is 20.0 Å². The number of halogens is 1. The molecule has 2 aromatic carbocycles. The fraction of sp³-hybridized carbons (Fsp3) is 0.357. The first kappa shape index (κ1) is 31.2. The highest BCUT2D eigenvalue weighted by Gasteiger charge is 2.27. The van der Waals surface area contributed by atoms with Gasteiger partial charge in [-0.2, -0.15) is 8.61 Å². The van der Waals surface area contributed by atoms with Crippen molar-refractivity contribution in [2.45, 2.75) is 22.6 Å². The van der Waals surface area contributed by atoms with Crippen LogP contribution >= 0.6 is 12.4 Å². The normalized spacial score (nSPS) is 17.6. The van der Waals surface area contributed by atoms with Crippen molar-refractivity contribution in [3.8, 4) is 0 Å². The maximum Gasteiger partial charge on any atom is 0.243 e. The topological polar surface area (TPSA) is 125 Å². The maximum atomic E-state index is 12.8. The summed E-state index contributed by atoms with van der Waals surface area (Å²) in [5.74, 6) is 0. The van der Waals surface area contributed by atoms with Crippen molar-refractivity contribution in [3.63, 3.8) is 0 Å². The molecule has 13 heteroatoms. The molecule has 2 N–H and O–H groups in total. The zero-order valence-corrected chi connectivity index (χ0v) is 25.1. The minimum Gasteiger partial charge on any atom is -0.315 e. The van der Waals surface area contributed by atoms with Crippen molar-refractivity contribution in [1.82, 2.24) is 29.2 Å². The highest BCUT2D eigenvalue weighted by molar-refractivity contribution is 7.89. The molecular weight excluding hydrogens is 584 g/mol. The lowest BCUT2D eigenvalue weighted by molar-refractivity contribution is 0.432. The third kappa shape index (κ3) is 7.03. The molecule has 6 rings (SSSR count). The third-order valence-electron chi connectivity index (χ3n) is 7.12. The SMILES string of the molecule is Cl.O=S(=O)(c1cccc2cnccc12)N1CCCNCC1.O=S(=O)(c1cccc2cnccc12)N1CCCNCC1. The fourth-order valence-electron chi connectivity index (χ4n) is 5.04. The van der Waals surface area contributed by atoms with Gasteiger partial charge in [-0.15, -0.1) is 12.4 Å². The lowest BCUT2D eigenvalue weighted by Crippen LogP contribution is -2.34. The Morgan fingerprint density at radius 2 is 1.02 bits per heavy atom. The first-order valence-corrected chi connectivity index (χ1v) is 16.3. The molecule has 0 atom stereocenters. The van der Waals surface area contributed by atoms with E-state index in [1.54, 1.807) is 69.8 Å². The number of nitrogens with zero attached hydrogens (tertiary/aromatic N) is 4. The zero-order chi connectivity index (χ0) is 28.0. The number of hydrogen-bond donors (Lipinski definition) is 2. The summed E-state index contributed by atoms with van der Waals surface area (Å²) in [6.07, 6.45) is 8.32. The number of hydrogen-bond acceptors (Lipinski definition) is 8. The highest BCUT2D eigenvalue weighted by atomic mass is 35.5. The van der Waals surface area contributed by atoms with Crippen LogP contribution in [0.4, 0.5) is 0 Å². The molecule has 10 nitrogen and oxygen atoms in total. The summed E-state index contributed by atoms with van der Waals surface area (Å²) >= 11 is 0. The first-order valence-electron chi connectivity index (χ1n) is 13.5. The van der Waals surface area contributed by atoms with Crippen molar-refractivity contribution < 1.29 is 16.8 Å². The molecule has 2 fully saturated rings. The molecule has 4 heterocycles. The second-order valence-corrected chi connectivity index (χ2v) is 13.5. The van der Waals surface area contributed by atoms with Crippen LogP contribution in [0.3, 0.4) is 0 Å². The van der Waals surface area contributed by atoms with Crippen LogP contribution in [0.1, 0.15) is 12.8 Å². The first-order chi connectivity index (χ1) is 19.4. The molecule has 41 heavy (non-hydrogen) atoms. The van der Waals surface area contributed by atoms with Crippen molar-refractivity contribution >= 4 is 54.0 Å². The van der Waals surface area contributed by atoms with E-state index in [1.807, 2.05) is 12.1 Å². The second kappa shape index (κ2) is 14.0. The lowest BCUT2D eigenvalue weighted by Gasteiger charge is -2.20. The molecule has 2 aliphatic heterocycles. The zero-order valence-electron chi connectivity index (χ0n) is 22.6. The molecule has 220 valence electrons. The van der Waals surface area contributed by atoms with Crippen molar-refractivity contribution in [2.24, 2.45) is 0 Å². The van der Waals surface area contributed by atoms with E-state index in [4.69, 9.17) is 0 Å². The van der Waals surface area contributed by atoms with Gasteiger partial charge in [0.25, 0.3) is 0 Å².